The van der Waals surface area contributed by atoms with Gasteiger partial charge in [0.2, 0.25) is 5.95 Å². The number of rotatable bonds is 5. The summed E-state index contributed by atoms with van der Waals surface area (Å²) in [6.07, 6.45) is -1.07. The summed E-state index contributed by atoms with van der Waals surface area (Å²) in [5.41, 5.74) is -0.917. The molecule has 0 spiro atoms. The minimum absolute atomic E-state index is 0.0409. The topological polar surface area (TPSA) is 41.1 Å². The van der Waals surface area contributed by atoms with E-state index in [4.69, 9.17) is 0 Å². The third-order valence-electron chi connectivity index (χ3n) is 2.99. The first-order valence-electron chi connectivity index (χ1n) is 6.24. The van der Waals surface area contributed by atoms with Gasteiger partial charge in [0.1, 0.15) is 5.82 Å². The van der Waals surface area contributed by atoms with E-state index in [0.717, 1.165) is 12.5 Å². The number of nitrogens with one attached hydrogen (secondary N) is 1. The summed E-state index contributed by atoms with van der Waals surface area (Å²) in [6.45, 7) is 0.610. The molecule has 0 bridgehead atoms. The zero-order chi connectivity index (χ0) is 14.0. The zero-order valence-electron chi connectivity index (χ0n) is 11.0. The van der Waals surface area contributed by atoms with E-state index in [1.807, 2.05) is 0 Å². The van der Waals surface area contributed by atoms with Crippen molar-refractivity contribution < 1.29 is 13.2 Å². The second kappa shape index (κ2) is 5.22. The SMILES string of the molecule is CN(C)c1cc(C(F)(F)F)nc(NCCC2CC2)n1. The number of aromatic nitrogens is 2. The molecule has 0 radical (unpaired) electrons. The van der Waals surface area contributed by atoms with Gasteiger partial charge in [-0.1, -0.05) is 12.8 Å². The molecule has 1 fully saturated rings. The van der Waals surface area contributed by atoms with E-state index in [1.54, 1.807) is 14.1 Å². The van der Waals surface area contributed by atoms with E-state index < -0.39 is 11.9 Å². The fourth-order valence-corrected chi connectivity index (χ4v) is 1.68. The molecule has 2 rings (SSSR count). The predicted molar refractivity (Wildman–Crippen MR) is 67.2 cm³/mol. The lowest BCUT2D eigenvalue weighted by molar-refractivity contribution is -0.141. The summed E-state index contributed by atoms with van der Waals surface area (Å²) in [7, 11) is 3.30. The standard InChI is InChI=1S/C12H17F3N4/c1-19(2)10-7-9(12(13,14)15)17-11(18-10)16-6-5-8-3-4-8/h7-8H,3-6H2,1-2H3,(H,16,17,18). The summed E-state index contributed by atoms with van der Waals surface area (Å²) in [6, 6.07) is 0.950. The van der Waals surface area contributed by atoms with Crippen LogP contribution in [-0.4, -0.2) is 30.6 Å². The van der Waals surface area contributed by atoms with Crippen LogP contribution in [0.4, 0.5) is 24.9 Å². The summed E-state index contributed by atoms with van der Waals surface area (Å²) in [5.74, 6) is 1.00. The Labute approximate surface area is 110 Å². The molecule has 7 heteroatoms. The Hall–Kier alpha value is -1.53. The first kappa shape index (κ1) is 13.9. The van der Waals surface area contributed by atoms with Gasteiger partial charge in [0, 0.05) is 26.7 Å². The molecule has 0 atom stereocenters. The average molecular weight is 274 g/mol. The molecule has 4 nitrogen and oxygen atoms in total. The molecule has 1 saturated carbocycles. The third kappa shape index (κ3) is 3.97. The molecule has 0 aromatic carbocycles. The zero-order valence-corrected chi connectivity index (χ0v) is 11.0. The second-order valence-corrected chi connectivity index (χ2v) is 4.99. The Balaban J connectivity index is 2.13. The van der Waals surface area contributed by atoms with E-state index in [-0.39, 0.29) is 11.8 Å². The molecule has 0 amide bonds. The molecule has 1 aliphatic carbocycles. The molecule has 0 saturated heterocycles. The maximum atomic E-state index is 12.7. The smallest absolute Gasteiger partial charge is 0.363 e. The van der Waals surface area contributed by atoms with Crippen LogP contribution in [0.5, 0.6) is 0 Å². The van der Waals surface area contributed by atoms with Crippen LogP contribution >= 0.6 is 0 Å². The van der Waals surface area contributed by atoms with Crippen molar-refractivity contribution in [2.45, 2.75) is 25.4 Å². The van der Waals surface area contributed by atoms with Gasteiger partial charge in [0.05, 0.1) is 0 Å². The quantitative estimate of drug-likeness (QED) is 0.896. The molecule has 1 heterocycles. The van der Waals surface area contributed by atoms with E-state index in [9.17, 15) is 13.2 Å². The van der Waals surface area contributed by atoms with Crippen LogP contribution in [-0.2, 0) is 6.18 Å². The Kier molecular flexibility index (Phi) is 3.82. The summed E-state index contributed by atoms with van der Waals surface area (Å²) in [4.78, 5) is 9.13. The number of hydrogen-bond donors (Lipinski definition) is 1. The normalized spacial score (nSPS) is 15.4. The van der Waals surface area contributed by atoms with Gasteiger partial charge in [-0.15, -0.1) is 0 Å². The number of alkyl halides is 3. The minimum atomic E-state index is -4.46. The summed E-state index contributed by atoms with van der Waals surface area (Å²) < 4.78 is 38.2. The number of halogens is 3. The summed E-state index contributed by atoms with van der Waals surface area (Å²) in [5, 5.41) is 2.87. The van der Waals surface area contributed by atoms with Crippen molar-refractivity contribution in [2.24, 2.45) is 5.92 Å². The van der Waals surface area contributed by atoms with Crippen LogP contribution in [0.15, 0.2) is 6.07 Å². The fraction of sp³-hybridized carbons (Fsp3) is 0.667. The van der Waals surface area contributed by atoms with E-state index in [1.165, 1.54) is 17.7 Å². The van der Waals surface area contributed by atoms with Crippen LogP contribution in [0.2, 0.25) is 0 Å². The lowest BCUT2D eigenvalue weighted by atomic mass is 10.3. The highest BCUT2D eigenvalue weighted by atomic mass is 19.4. The van der Waals surface area contributed by atoms with Gasteiger partial charge in [0.15, 0.2) is 5.69 Å². The van der Waals surface area contributed by atoms with Crippen molar-refractivity contribution in [2.75, 3.05) is 30.9 Å². The van der Waals surface area contributed by atoms with Gasteiger partial charge in [-0.2, -0.15) is 18.2 Å². The molecule has 19 heavy (non-hydrogen) atoms. The molecule has 106 valence electrons. The highest BCUT2D eigenvalue weighted by molar-refractivity contribution is 5.44. The Morgan fingerprint density at radius 1 is 1.32 bits per heavy atom. The van der Waals surface area contributed by atoms with E-state index in [2.05, 4.69) is 15.3 Å². The minimum Gasteiger partial charge on any atom is -0.363 e. The first-order chi connectivity index (χ1) is 8.86. The van der Waals surface area contributed by atoms with E-state index >= 15 is 0 Å². The van der Waals surface area contributed by atoms with Gasteiger partial charge in [0.25, 0.3) is 0 Å². The van der Waals surface area contributed by atoms with Crippen molar-refractivity contribution in [3.05, 3.63) is 11.8 Å². The lowest BCUT2D eigenvalue weighted by Crippen LogP contribution is -2.18. The number of nitrogens with zero attached hydrogens (tertiary/aromatic N) is 3. The van der Waals surface area contributed by atoms with Gasteiger partial charge < -0.3 is 10.2 Å². The van der Waals surface area contributed by atoms with Crippen molar-refractivity contribution >= 4 is 11.8 Å². The van der Waals surface area contributed by atoms with Gasteiger partial charge in [-0.25, -0.2) is 4.98 Å². The maximum absolute atomic E-state index is 12.7. The largest absolute Gasteiger partial charge is 0.433 e. The van der Waals surface area contributed by atoms with Crippen LogP contribution in [0.1, 0.15) is 25.0 Å². The van der Waals surface area contributed by atoms with Gasteiger partial charge in [-0.05, 0) is 12.3 Å². The predicted octanol–water partition coefficient (Wildman–Crippen LogP) is 2.77. The third-order valence-corrected chi connectivity index (χ3v) is 2.99. The molecule has 1 N–H and O–H groups in total. The number of anilines is 2. The highest BCUT2D eigenvalue weighted by Crippen LogP contribution is 2.32. The van der Waals surface area contributed by atoms with Crippen molar-refractivity contribution in [1.82, 2.24) is 9.97 Å². The average Bonchev–Trinajstić information content (AvgIpc) is 3.11. The molecule has 0 aliphatic heterocycles. The van der Waals surface area contributed by atoms with E-state index in [0.29, 0.717) is 12.5 Å². The molecule has 0 unspecified atom stereocenters. The molecular formula is C12H17F3N4. The monoisotopic (exact) mass is 274 g/mol. The van der Waals surface area contributed by atoms with Crippen LogP contribution < -0.4 is 10.2 Å². The summed E-state index contributed by atoms with van der Waals surface area (Å²) >= 11 is 0. The second-order valence-electron chi connectivity index (χ2n) is 4.99. The van der Waals surface area contributed by atoms with Crippen molar-refractivity contribution in [3.63, 3.8) is 0 Å². The molecule has 1 aromatic heterocycles. The molecular weight excluding hydrogens is 257 g/mol. The van der Waals surface area contributed by atoms with Crippen molar-refractivity contribution in [3.8, 4) is 0 Å². The lowest BCUT2D eigenvalue weighted by Gasteiger charge is -2.15. The van der Waals surface area contributed by atoms with Crippen LogP contribution in [0, 0.1) is 5.92 Å². The Bertz CT molecular complexity index is 441. The van der Waals surface area contributed by atoms with Crippen LogP contribution in [0.3, 0.4) is 0 Å². The van der Waals surface area contributed by atoms with Crippen LogP contribution in [0.25, 0.3) is 0 Å². The van der Waals surface area contributed by atoms with Gasteiger partial charge in [-0.3, -0.25) is 0 Å². The van der Waals surface area contributed by atoms with Crippen molar-refractivity contribution in [1.29, 1.82) is 0 Å². The number of hydrogen-bond acceptors (Lipinski definition) is 4. The van der Waals surface area contributed by atoms with Gasteiger partial charge >= 0.3 is 6.18 Å². The Morgan fingerprint density at radius 2 is 2.00 bits per heavy atom. The fourth-order valence-electron chi connectivity index (χ4n) is 1.68. The molecule has 1 aromatic rings. The first-order valence-corrected chi connectivity index (χ1v) is 6.24. The Morgan fingerprint density at radius 3 is 2.53 bits per heavy atom. The molecule has 1 aliphatic rings. The highest BCUT2D eigenvalue weighted by Gasteiger charge is 2.34. The maximum Gasteiger partial charge on any atom is 0.433 e.